The molecule has 6 nitrogen and oxygen atoms in total. The Kier molecular flexibility index (Phi) is 8.81. The van der Waals surface area contributed by atoms with E-state index in [4.69, 9.17) is 9.47 Å². The minimum atomic E-state index is -0.434. The molecule has 0 aliphatic heterocycles. The monoisotopic (exact) mass is 375 g/mol. The van der Waals surface area contributed by atoms with E-state index in [1.165, 1.54) is 0 Å². The summed E-state index contributed by atoms with van der Waals surface area (Å²) in [7, 11) is 0. The molecule has 2 rings (SSSR count). The number of hydrogen-bond acceptors (Lipinski definition) is 5. The van der Waals surface area contributed by atoms with Crippen LogP contribution in [-0.4, -0.2) is 37.4 Å². The van der Waals surface area contributed by atoms with Crippen LogP contribution in [0.2, 0.25) is 0 Å². The predicted octanol–water partition coefficient (Wildman–Crippen LogP) is 3.29. The summed E-state index contributed by atoms with van der Waals surface area (Å²) in [4.78, 5) is 35.4. The van der Waals surface area contributed by atoms with Gasteiger partial charge in [-0.05, 0) is 49.4 Å². The fraction of sp³-hybridized carbons (Fsp3) is 0.571. The van der Waals surface area contributed by atoms with Crippen LogP contribution < -0.4 is 10.1 Å². The highest BCUT2D eigenvalue weighted by Crippen LogP contribution is 2.28. The van der Waals surface area contributed by atoms with Gasteiger partial charge in [-0.3, -0.25) is 14.4 Å². The van der Waals surface area contributed by atoms with Crippen molar-refractivity contribution in [3.05, 3.63) is 29.8 Å². The lowest BCUT2D eigenvalue weighted by Gasteiger charge is -2.07. The van der Waals surface area contributed by atoms with Crippen molar-refractivity contribution in [1.29, 1.82) is 0 Å². The van der Waals surface area contributed by atoms with Crippen molar-refractivity contribution in [2.24, 2.45) is 5.92 Å². The first-order valence-corrected chi connectivity index (χ1v) is 9.77. The van der Waals surface area contributed by atoms with E-state index in [1.807, 2.05) is 0 Å². The number of benzene rings is 1. The van der Waals surface area contributed by atoms with E-state index in [2.05, 4.69) is 12.2 Å². The SMILES string of the molecule is CCCCCOc1ccc(C(=O)CCC(=O)NCC(=O)OCC2CC2)cc1. The van der Waals surface area contributed by atoms with Gasteiger partial charge in [0.2, 0.25) is 5.91 Å². The molecule has 1 amide bonds. The maximum atomic E-state index is 12.2. The molecule has 148 valence electrons. The second-order valence-corrected chi connectivity index (χ2v) is 6.91. The van der Waals surface area contributed by atoms with Crippen LogP contribution in [0, 0.1) is 5.92 Å². The van der Waals surface area contributed by atoms with Crippen molar-refractivity contribution in [1.82, 2.24) is 5.32 Å². The van der Waals surface area contributed by atoms with Crippen LogP contribution in [0.5, 0.6) is 5.75 Å². The highest BCUT2D eigenvalue weighted by Gasteiger charge is 2.23. The highest BCUT2D eigenvalue weighted by molar-refractivity contribution is 5.98. The number of carbonyl (C=O) groups is 3. The van der Waals surface area contributed by atoms with Crippen molar-refractivity contribution >= 4 is 17.7 Å². The minimum Gasteiger partial charge on any atom is -0.494 e. The Bertz CT molecular complexity index is 622. The van der Waals surface area contributed by atoms with Gasteiger partial charge in [0.05, 0.1) is 13.2 Å². The number of amides is 1. The summed E-state index contributed by atoms with van der Waals surface area (Å²) < 4.78 is 10.6. The zero-order chi connectivity index (χ0) is 19.5. The average Bonchev–Trinajstić information content (AvgIpc) is 3.51. The van der Waals surface area contributed by atoms with Crippen molar-refractivity contribution in [2.45, 2.75) is 51.9 Å². The molecule has 1 aromatic rings. The summed E-state index contributed by atoms with van der Waals surface area (Å²) in [6, 6.07) is 6.97. The van der Waals surface area contributed by atoms with E-state index < -0.39 is 5.97 Å². The van der Waals surface area contributed by atoms with Gasteiger partial charge in [-0.25, -0.2) is 0 Å². The summed E-state index contributed by atoms with van der Waals surface area (Å²) in [5.74, 6) is 0.359. The maximum Gasteiger partial charge on any atom is 0.325 e. The molecule has 1 aliphatic rings. The molecular weight excluding hydrogens is 346 g/mol. The van der Waals surface area contributed by atoms with Crippen LogP contribution in [0.4, 0.5) is 0 Å². The van der Waals surface area contributed by atoms with Gasteiger partial charge in [-0.15, -0.1) is 0 Å². The zero-order valence-corrected chi connectivity index (χ0v) is 16.0. The van der Waals surface area contributed by atoms with Gasteiger partial charge in [-0.2, -0.15) is 0 Å². The Balaban J connectivity index is 1.62. The number of nitrogens with one attached hydrogen (secondary N) is 1. The topological polar surface area (TPSA) is 81.7 Å². The van der Waals surface area contributed by atoms with Crippen LogP contribution in [-0.2, 0) is 14.3 Å². The van der Waals surface area contributed by atoms with E-state index >= 15 is 0 Å². The summed E-state index contributed by atoms with van der Waals surface area (Å²) in [5, 5.41) is 2.49. The number of esters is 1. The maximum absolute atomic E-state index is 12.2. The first-order chi connectivity index (χ1) is 13.1. The molecule has 6 heteroatoms. The van der Waals surface area contributed by atoms with Crippen molar-refractivity contribution < 1.29 is 23.9 Å². The molecule has 0 radical (unpaired) electrons. The van der Waals surface area contributed by atoms with E-state index in [1.54, 1.807) is 24.3 Å². The van der Waals surface area contributed by atoms with Gasteiger partial charge in [0.25, 0.3) is 0 Å². The predicted molar refractivity (Wildman–Crippen MR) is 102 cm³/mol. The molecule has 1 fully saturated rings. The molecule has 1 aliphatic carbocycles. The Hall–Kier alpha value is -2.37. The Labute approximate surface area is 160 Å². The molecule has 0 spiro atoms. The quantitative estimate of drug-likeness (QED) is 0.325. The highest BCUT2D eigenvalue weighted by atomic mass is 16.5. The standard InChI is InChI=1S/C21H29NO5/c1-2-3-4-13-26-18-9-7-17(8-10-18)19(23)11-12-20(24)22-14-21(25)27-15-16-5-6-16/h7-10,16H,2-6,11-15H2,1H3,(H,22,24). The molecule has 0 heterocycles. The van der Waals surface area contributed by atoms with Crippen molar-refractivity contribution in [3.8, 4) is 5.75 Å². The van der Waals surface area contributed by atoms with Crippen molar-refractivity contribution in [3.63, 3.8) is 0 Å². The Morgan fingerprint density at radius 1 is 1.07 bits per heavy atom. The number of hydrogen-bond donors (Lipinski definition) is 1. The van der Waals surface area contributed by atoms with Crippen LogP contribution >= 0.6 is 0 Å². The fourth-order valence-electron chi connectivity index (χ4n) is 2.46. The van der Waals surface area contributed by atoms with Gasteiger partial charge in [0, 0.05) is 18.4 Å². The second-order valence-electron chi connectivity index (χ2n) is 6.91. The van der Waals surface area contributed by atoms with Crippen LogP contribution in [0.3, 0.4) is 0 Å². The summed E-state index contributed by atoms with van der Waals surface area (Å²) in [6.07, 6.45) is 5.65. The number of ketones is 1. The second kappa shape index (κ2) is 11.4. The smallest absolute Gasteiger partial charge is 0.325 e. The normalized spacial score (nSPS) is 13.1. The molecule has 1 N–H and O–H groups in total. The summed E-state index contributed by atoms with van der Waals surface area (Å²) >= 11 is 0. The Morgan fingerprint density at radius 3 is 2.48 bits per heavy atom. The van der Waals surface area contributed by atoms with Crippen LogP contribution in [0.15, 0.2) is 24.3 Å². The van der Waals surface area contributed by atoms with Crippen LogP contribution in [0.25, 0.3) is 0 Å². The molecule has 0 aromatic heterocycles. The number of carbonyl (C=O) groups excluding carboxylic acids is 3. The molecule has 1 aromatic carbocycles. The molecule has 0 bridgehead atoms. The lowest BCUT2D eigenvalue weighted by molar-refractivity contribution is -0.144. The van der Waals surface area contributed by atoms with Crippen LogP contribution in [0.1, 0.15) is 62.2 Å². The van der Waals surface area contributed by atoms with E-state index in [-0.39, 0.29) is 31.1 Å². The molecule has 0 unspecified atom stereocenters. The van der Waals surface area contributed by atoms with Gasteiger partial charge < -0.3 is 14.8 Å². The number of unbranched alkanes of at least 4 members (excludes halogenated alkanes) is 2. The molecule has 1 saturated carbocycles. The van der Waals surface area contributed by atoms with Crippen molar-refractivity contribution in [2.75, 3.05) is 19.8 Å². The third kappa shape index (κ3) is 8.71. The molecule has 0 saturated heterocycles. The van der Waals surface area contributed by atoms with Gasteiger partial charge in [-0.1, -0.05) is 19.8 Å². The zero-order valence-electron chi connectivity index (χ0n) is 16.0. The summed E-state index contributed by atoms with van der Waals surface area (Å²) in [5.41, 5.74) is 0.549. The number of ether oxygens (including phenoxy) is 2. The number of rotatable bonds is 13. The number of Topliss-reactive ketones (excluding diaryl/α,β-unsaturated/α-hetero) is 1. The summed E-state index contributed by atoms with van der Waals surface area (Å²) in [6.45, 7) is 3.10. The fourth-order valence-corrected chi connectivity index (χ4v) is 2.46. The van der Waals surface area contributed by atoms with Gasteiger partial charge in [0.15, 0.2) is 5.78 Å². The molecule has 0 atom stereocenters. The van der Waals surface area contributed by atoms with E-state index in [0.29, 0.717) is 24.7 Å². The Morgan fingerprint density at radius 2 is 1.81 bits per heavy atom. The molecular formula is C21H29NO5. The molecule has 27 heavy (non-hydrogen) atoms. The van der Waals surface area contributed by atoms with E-state index in [9.17, 15) is 14.4 Å². The van der Waals surface area contributed by atoms with E-state index in [0.717, 1.165) is 37.9 Å². The lowest BCUT2D eigenvalue weighted by atomic mass is 10.1. The minimum absolute atomic E-state index is 0.0456. The lowest BCUT2D eigenvalue weighted by Crippen LogP contribution is -2.31. The average molecular weight is 375 g/mol. The third-order valence-corrected chi connectivity index (χ3v) is 4.38. The first kappa shape index (κ1) is 20.9. The third-order valence-electron chi connectivity index (χ3n) is 4.38. The largest absolute Gasteiger partial charge is 0.494 e. The van der Waals surface area contributed by atoms with Gasteiger partial charge in [0.1, 0.15) is 12.3 Å². The van der Waals surface area contributed by atoms with Gasteiger partial charge >= 0.3 is 5.97 Å². The first-order valence-electron chi connectivity index (χ1n) is 9.77.